The monoisotopic (exact) mass is 917 g/mol. The van der Waals surface area contributed by atoms with Gasteiger partial charge < -0.3 is 18.9 Å². The van der Waals surface area contributed by atoms with Crippen molar-refractivity contribution in [3.05, 3.63) is 85.1 Å². The molecule has 0 aromatic rings. The molecule has 0 heterocycles. The van der Waals surface area contributed by atoms with E-state index in [1.807, 2.05) is 21.1 Å². The van der Waals surface area contributed by atoms with Crippen molar-refractivity contribution in [2.45, 2.75) is 200 Å². The van der Waals surface area contributed by atoms with Crippen molar-refractivity contribution in [3.8, 4) is 0 Å². The molecule has 0 aromatic heterocycles. The summed E-state index contributed by atoms with van der Waals surface area (Å²) in [5.74, 6) is -0.845. The Morgan fingerprint density at radius 2 is 0.891 bits per heavy atom. The van der Waals surface area contributed by atoms with Crippen molar-refractivity contribution in [2.75, 3.05) is 47.5 Å². The smallest absolute Gasteiger partial charge is 0.462 e. The molecular formula is C54H95NO8P+. The minimum Gasteiger partial charge on any atom is -0.462 e. The summed E-state index contributed by atoms with van der Waals surface area (Å²) in [7, 11) is 1.44. The third-order valence-electron chi connectivity index (χ3n) is 10.4. The Balaban J connectivity index is 4.34. The molecule has 0 fully saturated rings. The maximum atomic E-state index is 12.7. The Kier molecular flexibility index (Phi) is 43.4. The zero-order valence-corrected chi connectivity index (χ0v) is 42.4. The van der Waals surface area contributed by atoms with E-state index in [9.17, 15) is 19.0 Å². The van der Waals surface area contributed by atoms with Gasteiger partial charge in [-0.2, -0.15) is 0 Å². The summed E-state index contributed by atoms with van der Waals surface area (Å²) in [5.41, 5.74) is 0. The van der Waals surface area contributed by atoms with Crippen LogP contribution in [-0.4, -0.2) is 74.9 Å². The van der Waals surface area contributed by atoms with E-state index in [-0.39, 0.29) is 32.0 Å². The first-order valence-electron chi connectivity index (χ1n) is 25.3. The quantitative estimate of drug-likeness (QED) is 0.0212. The number of hydrogen-bond donors (Lipinski definition) is 1. The molecule has 0 bridgehead atoms. The summed E-state index contributed by atoms with van der Waals surface area (Å²) in [6.07, 6.45) is 59.2. The van der Waals surface area contributed by atoms with Crippen molar-refractivity contribution in [1.82, 2.24) is 0 Å². The summed E-state index contributed by atoms with van der Waals surface area (Å²) in [6, 6.07) is 0. The number of unbranched alkanes of at least 4 members (excludes halogenated alkanes) is 17. The average molecular weight is 917 g/mol. The fourth-order valence-electron chi connectivity index (χ4n) is 6.48. The van der Waals surface area contributed by atoms with E-state index < -0.39 is 26.5 Å². The number of carbonyl (C=O) groups excluding carboxylic acids is 2. The van der Waals surface area contributed by atoms with Crippen LogP contribution in [0.5, 0.6) is 0 Å². The van der Waals surface area contributed by atoms with Gasteiger partial charge in [0.25, 0.3) is 0 Å². The molecule has 2 unspecified atom stereocenters. The van der Waals surface area contributed by atoms with Crippen LogP contribution in [0.4, 0.5) is 0 Å². The molecule has 0 radical (unpaired) electrons. The summed E-state index contributed by atoms with van der Waals surface area (Å²) in [4.78, 5) is 35.5. The second-order valence-electron chi connectivity index (χ2n) is 17.8. The molecule has 0 aliphatic heterocycles. The van der Waals surface area contributed by atoms with E-state index in [1.54, 1.807) is 0 Å². The average Bonchev–Trinajstić information content (AvgIpc) is 3.25. The van der Waals surface area contributed by atoms with Crippen LogP contribution in [0, 0.1) is 0 Å². The van der Waals surface area contributed by atoms with Crippen molar-refractivity contribution >= 4 is 19.8 Å². The Bertz CT molecular complexity index is 1360. The van der Waals surface area contributed by atoms with E-state index in [1.165, 1.54) is 77.0 Å². The summed E-state index contributed by atoms with van der Waals surface area (Å²) in [6.45, 7) is 4.25. The first-order chi connectivity index (χ1) is 31.0. The fourth-order valence-corrected chi connectivity index (χ4v) is 7.22. The van der Waals surface area contributed by atoms with Crippen LogP contribution in [0.1, 0.15) is 194 Å². The lowest BCUT2D eigenvalue weighted by atomic mass is 10.1. The SMILES string of the molecule is CC/C=C\C/C=C\C/C=C\C/C=C\C/C=C\CCCCCC(=O)OC(COC(=O)CCCCCCCCCCC/C=C\C/C=C\CCCCCCC)COP(=O)(O)OCC[N+](C)(C)C. The predicted molar refractivity (Wildman–Crippen MR) is 270 cm³/mol. The molecule has 0 saturated heterocycles. The Morgan fingerprint density at radius 1 is 0.500 bits per heavy atom. The maximum Gasteiger partial charge on any atom is 0.472 e. The van der Waals surface area contributed by atoms with Gasteiger partial charge in [-0.05, 0) is 89.9 Å². The lowest BCUT2D eigenvalue weighted by Crippen LogP contribution is -2.37. The zero-order chi connectivity index (χ0) is 47.1. The highest BCUT2D eigenvalue weighted by molar-refractivity contribution is 7.47. The number of nitrogens with zero attached hydrogens (tertiary/aromatic N) is 1. The third kappa shape index (κ3) is 48.6. The van der Waals surface area contributed by atoms with E-state index in [2.05, 4.69) is 98.9 Å². The first-order valence-corrected chi connectivity index (χ1v) is 26.8. The number of hydrogen-bond acceptors (Lipinski definition) is 7. The van der Waals surface area contributed by atoms with Crippen LogP contribution in [-0.2, 0) is 32.7 Å². The van der Waals surface area contributed by atoms with Gasteiger partial charge in [-0.15, -0.1) is 0 Å². The first kappa shape index (κ1) is 61.2. The molecular weight excluding hydrogens is 822 g/mol. The van der Waals surface area contributed by atoms with Crippen LogP contribution >= 0.6 is 7.82 Å². The predicted octanol–water partition coefficient (Wildman–Crippen LogP) is 15.1. The summed E-state index contributed by atoms with van der Waals surface area (Å²) < 4.78 is 34.4. The van der Waals surface area contributed by atoms with Crippen LogP contribution in [0.25, 0.3) is 0 Å². The molecule has 10 heteroatoms. The number of phosphoric acid groups is 1. The molecule has 9 nitrogen and oxygen atoms in total. The fraction of sp³-hybridized carbons (Fsp3) is 0.704. The summed E-state index contributed by atoms with van der Waals surface area (Å²) >= 11 is 0. The highest BCUT2D eigenvalue weighted by Gasteiger charge is 2.27. The topological polar surface area (TPSA) is 108 Å². The van der Waals surface area contributed by atoms with Gasteiger partial charge >= 0.3 is 19.8 Å². The van der Waals surface area contributed by atoms with E-state index in [0.29, 0.717) is 17.4 Å². The van der Waals surface area contributed by atoms with Crippen LogP contribution < -0.4 is 0 Å². The minimum atomic E-state index is -4.40. The molecule has 0 aromatic carbocycles. The van der Waals surface area contributed by atoms with Crippen LogP contribution in [0.3, 0.4) is 0 Å². The molecule has 64 heavy (non-hydrogen) atoms. The van der Waals surface area contributed by atoms with Crippen molar-refractivity contribution in [1.29, 1.82) is 0 Å². The lowest BCUT2D eigenvalue weighted by Gasteiger charge is -2.24. The molecule has 0 spiro atoms. The van der Waals surface area contributed by atoms with Gasteiger partial charge in [0, 0.05) is 12.8 Å². The number of phosphoric ester groups is 1. The number of allylic oxidation sites excluding steroid dienone is 14. The molecule has 0 rings (SSSR count). The molecule has 0 amide bonds. The number of ether oxygens (including phenoxy) is 2. The van der Waals surface area contributed by atoms with E-state index in [4.69, 9.17) is 18.5 Å². The zero-order valence-electron chi connectivity index (χ0n) is 41.5. The molecule has 1 N–H and O–H groups in total. The standard InChI is InChI=1S/C54H94NO8P/c1-6-8-10-12-14-16-18-20-22-24-26-27-29-30-32-34-36-38-40-42-44-46-53(56)60-50-52(51-62-64(58,59)61-49-48-55(3,4)5)63-54(57)47-45-43-41-39-37-35-33-31-28-25-23-21-19-17-15-13-11-9-7-2/h9,11,15,17-18,20-21,23-24,26,28,31,35,37,52H,6-8,10,12-14,16,19,22,25,27,29-30,32-34,36,38-51H2,1-5H3/p+1/b11-9-,17-15-,20-18-,23-21-,26-24-,31-28-,37-35-. The second kappa shape index (κ2) is 45.4. The van der Waals surface area contributed by atoms with Gasteiger partial charge in [0.15, 0.2) is 6.10 Å². The Hall–Kier alpha value is -2.81. The largest absolute Gasteiger partial charge is 0.472 e. The highest BCUT2D eigenvalue weighted by atomic mass is 31.2. The van der Waals surface area contributed by atoms with Crippen molar-refractivity contribution in [3.63, 3.8) is 0 Å². The molecule has 0 saturated carbocycles. The number of quaternary nitrogens is 1. The minimum absolute atomic E-state index is 0.0198. The molecule has 2 atom stereocenters. The Morgan fingerprint density at radius 3 is 1.34 bits per heavy atom. The van der Waals surface area contributed by atoms with E-state index >= 15 is 0 Å². The van der Waals surface area contributed by atoms with Crippen molar-refractivity contribution < 1.29 is 42.1 Å². The van der Waals surface area contributed by atoms with Gasteiger partial charge in [0.05, 0.1) is 27.7 Å². The normalized spacial score (nSPS) is 14.2. The highest BCUT2D eigenvalue weighted by Crippen LogP contribution is 2.43. The number of esters is 2. The lowest BCUT2D eigenvalue weighted by molar-refractivity contribution is -0.870. The molecule has 368 valence electrons. The third-order valence-corrected chi connectivity index (χ3v) is 11.4. The number of likely N-dealkylation sites (N-methyl/N-ethyl adjacent to an activating group) is 1. The van der Waals surface area contributed by atoms with E-state index in [0.717, 1.165) is 83.5 Å². The summed E-state index contributed by atoms with van der Waals surface area (Å²) in [5, 5.41) is 0. The van der Waals surface area contributed by atoms with Gasteiger partial charge in [-0.25, -0.2) is 4.57 Å². The second-order valence-corrected chi connectivity index (χ2v) is 19.3. The van der Waals surface area contributed by atoms with Gasteiger partial charge in [-0.3, -0.25) is 18.6 Å². The van der Waals surface area contributed by atoms with Gasteiger partial charge in [-0.1, -0.05) is 176 Å². The number of carbonyl (C=O) groups is 2. The van der Waals surface area contributed by atoms with Crippen molar-refractivity contribution in [2.24, 2.45) is 0 Å². The Labute approximate surface area is 392 Å². The molecule has 0 aliphatic carbocycles. The number of rotatable bonds is 45. The van der Waals surface area contributed by atoms with Gasteiger partial charge in [0.1, 0.15) is 19.8 Å². The van der Waals surface area contributed by atoms with Crippen LogP contribution in [0.2, 0.25) is 0 Å². The maximum absolute atomic E-state index is 12.7. The van der Waals surface area contributed by atoms with Crippen LogP contribution in [0.15, 0.2) is 85.1 Å². The van der Waals surface area contributed by atoms with Gasteiger partial charge in [0.2, 0.25) is 0 Å². The molecule has 0 aliphatic rings.